The maximum atomic E-state index is 9.31. The van der Waals surface area contributed by atoms with Gasteiger partial charge >= 0.3 is 0 Å². The fourth-order valence-corrected chi connectivity index (χ4v) is 2.75. The average Bonchev–Trinajstić information content (AvgIpc) is 2.86. The summed E-state index contributed by atoms with van der Waals surface area (Å²) >= 11 is 1.71. The molecule has 0 bridgehead atoms. The summed E-state index contributed by atoms with van der Waals surface area (Å²) in [7, 11) is 0. The van der Waals surface area contributed by atoms with E-state index in [2.05, 4.69) is 24.4 Å². The first-order chi connectivity index (χ1) is 8.74. The van der Waals surface area contributed by atoms with Gasteiger partial charge in [-0.1, -0.05) is 25.1 Å². The fourth-order valence-electron chi connectivity index (χ4n) is 1.80. The Kier molecular flexibility index (Phi) is 4.01. The predicted octanol–water partition coefficient (Wildman–Crippen LogP) is 4.30. The third kappa shape index (κ3) is 2.72. The summed E-state index contributed by atoms with van der Waals surface area (Å²) < 4.78 is 0. The van der Waals surface area contributed by atoms with E-state index in [9.17, 15) is 5.26 Å². The van der Waals surface area contributed by atoms with E-state index in [0.29, 0.717) is 0 Å². The molecule has 92 valence electrons. The molecule has 0 saturated carbocycles. The Hall–Kier alpha value is -1.79. The largest absolute Gasteiger partial charge is 0.365 e. The second kappa shape index (κ2) is 5.70. The van der Waals surface area contributed by atoms with Gasteiger partial charge in [-0.15, -0.1) is 11.3 Å². The third-order valence-corrected chi connectivity index (χ3v) is 4.18. The monoisotopic (exact) mass is 256 g/mol. The van der Waals surface area contributed by atoms with Crippen LogP contribution in [0, 0.1) is 18.3 Å². The van der Waals surface area contributed by atoms with Crippen molar-refractivity contribution in [3.8, 4) is 6.07 Å². The molecule has 1 heterocycles. The van der Waals surface area contributed by atoms with E-state index in [1.807, 2.05) is 37.3 Å². The van der Waals surface area contributed by atoms with Gasteiger partial charge in [-0.3, -0.25) is 0 Å². The normalized spacial score (nSPS) is 11.8. The second-order valence-electron chi connectivity index (χ2n) is 4.18. The number of nitrogens with one attached hydrogen (secondary N) is 1. The Morgan fingerprint density at radius 2 is 2.06 bits per heavy atom. The minimum atomic E-state index is -0.267. The highest BCUT2D eigenvalue weighted by Gasteiger charge is 2.13. The van der Waals surface area contributed by atoms with Crippen LogP contribution in [0.15, 0.2) is 36.4 Å². The molecule has 0 spiro atoms. The summed E-state index contributed by atoms with van der Waals surface area (Å²) in [5.41, 5.74) is 2.18. The smallest absolute Gasteiger partial charge is 0.149 e. The third-order valence-electron chi connectivity index (χ3n) is 2.89. The molecule has 0 radical (unpaired) electrons. The Morgan fingerprint density at radius 1 is 1.28 bits per heavy atom. The van der Waals surface area contributed by atoms with Gasteiger partial charge in [0.05, 0.1) is 6.07 Å². The predicted molar refractivity (Wildman–Crippen MR) is 76.9 cm³/mol. The first-order valence-corrected chi connectivity index (χ1v) is 6.86. The van der Waals surface area contributed by atoms with Gasteiger partial charge in [0.1, 0.15) is 6.04 Å². The number of nitrogens with zero attached hydrogens (tertiary/aromatic N) is 1. The molecule has 3 heteroatoms. The van der Waals surface area contributed by atoms with Crippen LogP contribution in [0.2, 0.25) is 0 Å². The molecule has 0 fully saturated rings. The highest BCUT2D eigenvalue weighted by Crippen LogP contribution is 2.27. The van der Waals surface area contributed by atoms with Crippen LogP contribution in [0.4, 0.5) is 5.69 Å². The molecule has 18 heavy (non-hydrogen) atoms. The molecule has 1 aromatic carbocycles. The summed E-state index contributed by atoms with van der Waals surface area (Å²) in [5, 5.41) is 12.6. The van der Waals surface area contributed by atoms with Gasteiger partial charge in [0, 0.05) is 15.4 Å². The van der Waals surface area contributed by atoms with Gasteiger partial charge in [-0.2, -0.15) is 5.26 Å². The van der Waals surface area contributed by atoms with Crippen LogP contribution in [-0.4, -0.2) is 0 Å². The quantitative estimate of drug-likeness (QED) is 0.885. The van der Waals surface area contributed by atoms with Gasteiger partial charge in [-0.05, 0) is 37.1 Å². The van der Waals surface area contributed by atoms with Crippen molar-refractivity contribution in [1.29, 1.82) is 5.26 Å². The Morgan fingerprint density at radius 3 is 2.67 bits per heavy atom. The molecule has 0 aliphatic carbocycles. The molecule has 1 unspecified atom stereocenters. The number of nitriles is 1. The molecule has 2 rings (SSSR count). The van der Waals surface area contributed by atoms with Crippen LogP contribution in [0.25, 0.3) is 0 Å². The summed E-state index contributed by atoms with van der Waals surface area (Å²) in [6, 6.07) is 14.2. The Balaban J connectivity index is 2.20. The zero-order valence-corrected chi connectivity index (χ0v) is 11.4. The molecule has 1 N–H and O–H groups in total. The van der Waals surface area contributed by atoms with Gasteiger partial charge in [0.2, 0.25) is 0 Å². The number of anilines is 1. The first-order valence-electron chi connectivity index (χ1n) is 6.05. The van der Waals surface area contributed by atoms with Gasteiger partial charge in [-0.25, -0.2) is 0 Å². The van der Waals surface area contributed by atoms with Gasteiger partial charge < -0.3 is 5.32 Å². The van der Waals surface area contributed by atoms with Crippen molar-refractivity contribution in [3.63, 3.8) is 0 Å². The van der Waals surface area contributed by atoms with Crippen LogP contribution in [0.1, 0.15) is 28.3 Å². The van der Waals surface area contributed by atoms with Crippen LogP contribution >= 0.6 is 11.3 Å². The number of thiophene rings is 1. The first kappa shape index (κ1) is 12.7. The number of aryl methyl sites for hydroxylation is 2. The summed E-state index contributed by atoms with van der Waals surface area (Å²) in [4.78, 5) is 2.40. The lowest BCUT2D eigenvalue weighted by Gasteiger charge is -2.13. The lowest BCUT2D eigenvalue weighted by molar-refractivity contribution is 1.02. The second-order valence-corrected chi connectivity index (χ2v) is 5.38. The van der Waals surface area contributed by atoms with Crippen molar-refractivity contribution < 1.29 is 0 Å². The van der Waals surface area contributed by atoms with Crippen LogP contribution in [0.5, 0.6) is 0 Å². The molecule has 0 saturated heterocycles. The highest BCUT2D eigenvalue weighted by atomic mass is 32.1. The molecule has 2 nitrogen and oxygen atoms in total. The molecule has 0 aliphatic rings. The molecular formula is C15H16N2S. The minimum Gasteiger partial charge on any atom is -0.365 e. The standard InChI is InChI=1S/C15H16N2S/c1-3-12-8-9-15(18-12)14(10-16)17-13-7-5-4-6-11(13)2/h4-9,14,17H,3H2,1-2H3. The average molecular weight is 256 g/mol. The van der Waals surface area contributed by atoms with Crippen LogP contribution in [0.3, 0.4) is 0 Å². The Bertz CT molecular complexity index is 566. The number of hydrogen-bond donors (Lipinski definition) is 1. The van der Waals surface area contributed by atoms with E-state index in [1.165, 1.54) is 4.88 Å². The zero-order chi connectivity index (χ0) is 13.0. The van der Waals surface area contributed by atoms with Crippen molar-refractivity contribution >= 4 is 17.0 Å². The lowest BCUT2D eigenvalue weighted by Crippen LogP contribution is -2.07. The maximum absolute atomic E-state index is 9.31. The molecule has 0 aliphatic heterocycles. The van der Waals surface area contributed by atoms with E-state index < -0.39 is 0 Å². The zero-order valence-electron chi connectivity index (χ0n) is 10.6. The summed E-state index contributed by atoms with van der Waals surface area (Å²) in [5.74, 6) is 0. The van der Waals surface area contributed by atoms with E-state index in [-0.39, 0.29) is 6.04 Å². The van der Waals surface area contributed by atoms with Gasteiger partial charge in [0.25, 0.3) is 0 Å². The fraction of sp³-hybridized carbons (Fsp3) is 0.267. The topological polar surface area (TPSA) is 35.8 Å². The van der Waals surface area contributed by atoms with Crippen molar-refractivity contribution in [2.75, 3.05) is 5.32 Å². The maximum Gasteiger partial charge on any atom is 0.149 e. The molecule has 2 aromatic rings. The summed E-state index contributed by atoms with van der Waals surface area (Å²) in [6.45, 7) is 4.18. The lowest BCUT2D eigenvalue weighted by atomic mass is 10.1. The van der Waals surface area contributed by atoms with E-state index >= 15 is 0 Å². The van der Waals surface area contributed by atoms with Crippen molar-refractivity contribution in [2.45, 2.75) is 26.3 Å². The number of rotatable bonds is 4. The molecule has 0 amide bonds. The molecule has 1 atom stereocenters. The van der Waals surface area contributed by atoms with Crippen molar-refractivity contribution in [2.24, 2.45) is 0 Å². The minimum absolute atomic E-state index is 0.267. The van der Waals surface area contributed by atoms with Crippen molar-refractivity contribution in [3.05, 3.63) is 51.7 Å². The molecule has 1 aromatic heterocycles. The number of benzene rings is 1. The van der Waals surface area contributed by atoms with E-state index in [1.54, 1.807) is 11.3 Å². The van der Waals surface area contributed by atoms with Crippen molar-refractivity contribution in [1.82, 2.24) is 0 Å². The van der Waals surface area contributed by atoms with E-state index in [0.717, 1.165) is 22.5 Å². The summed E-state index contributed by atoms with van der Waals surface area (Å²) in [6.07, 6.45) is 1.02. The van der Waals surface area contributed by atoms with Crippen LogP contribution in [-0.2, 0) is 6.42 Å². The highest BCUT2D eigenvalue weighted by molar-refractivity contribution is 7.12. The van der Waals surface area contributed by atoms with Crippen LogP contribution < -0.4 is 5.32 Å². The Labute approximate surface area is 112 Å². The number of para-hydroxylation sites is 1. The molecular weight excluding hydrogens is 240 g/mol. The number of hydrogen-bond acceptors (Lipinski definition) is 3. The SMILES string of the molecule is CCc1ccc(C(C#N)Nc2ccccc2C)s1. The van der Waals surface area contributed by atoms with E-state index in [4.69, 9.17) is 0 Å². The van der Waals surface area contributed by atoms with Gasteiger partial charge in [0.15, 0.2) is 0 Å².